The Morgan fingerprint density at radius 3 is 2.36 bits per heavy atom. The highest BCUT2D eigenvalue weighted by molar-refractivity contribution is 7.93. The average Bonchev–Trinajstić information content (AvgIpc) is 2.90. The van der Waals surface area contributed by atoms with Crippen molar-refractivity contribution in [2.75, 3.05) is 5.32 Å². The molecule has 0 aliphatic carbocycles. The molecule has 0 saturated heterocycles. The number of aliphatic hydroxyl groups excluding tert-OH is 2. The summed E-state index contributed by atoms with van der Waals surface area (Å²) >= 11 is 6.21. The average molecular weight is 585 g/mol. The van der Waals surface area contributed by atoms with Gasteiger partial charge < -0.3 is 20.1 Å². The van der Waals surface area contributed by atoms with Crippen molar-refractivity contribution >= 4 is 35.2 Å². The molecule has 1 heterocycles. The first kappa shape index (κ1) is 32.6. The summed E-state index contributed by atoms with van der Waals surface area (Å²) in [5.74, 6) is -2.78. The van der Waals surface area contributed by atoms with E-state index in [4.69, 9.17) is 16.2 Å². The Morgan fingerprint density at radius 2 is 1.77 bits per heavy atom. The Hall–Kier alpha value is -2.63. The number of hydrogen-bond donors (Lipinski definition) is 4. The first-order chi connectivity index (χ1) is 18.5. The summed E-state index contributed by atoms with van der Waals surface area (Å²) in [5, 5.41) is 23.2. The van der Waals surface area contributed by atoms with Gasteiger partial charge in [0.05, 0.1) is 21.7 Å². The molecule has 0 bridgehead atoms. The third kappa shape index (κ3) is 9.81. The van der Waals surface area contributed by atoms with Crippen LogP contribution in [-0.2, 0) is 0 Å². The van der Waals surface area contributed by atoms with Gasteiger partial charge in [-0.1, -0.05) is 45.2 Å². The molecule has 6 nitrogen and oxygen atoms in total. The summed E-state index contributed by atoms with van der Waals surface area (Å²) in [6, 6.07) is 9.74. The van der Waals surface area contributed by atoms with Gasteiger partial charge in [0.2, 0.25) is 0 Å². The Bertz CT molecular complexity index is 1240. The van der Waals surface area contributed by atoms with Crippen molar-refractivity contribution in [3.63, 3.8) is 0 Å². The Balaban J connectivity index is 0.000000274. The van der Waals surface area contributed by atoms with Crippen LogP contribution in [0.15, 0.2) is 59.6 Å². The number of hydrogen-bond acceptors (Lipinski definition) is 6. The Kier molecular flexibility index (Phi) is 13.2. The number of aromatic nitrogens is 1. The van der Waals surface area contributed by atoms with Crippen molar-refractivity contribution in [3.05, 3.63) is 88.5 Å². The molecule has 0 spiro atoms. The number of nitrogens with zero attached hydrogens (tertiary/aromatic N) is 1. The van der Waals surface area contributed by atoms with Crippen LogP contribution in [0.2, 0.25) is 5.02 Å². The Morgan fingerprint density at radius 1 is 1.05 bits per heavy atom. The minimum absolute atomic E-state index is 0.0139. The molecule has 3 unspecified atom stereocenters. The van der Waals surface area contributed by atoms with Gasteiger partial charge in [-0.25, -0.2) is 13.2 Å². The predicted molar refractivity (Wildman–Crippen MR) is 147 cm³/mol. The van der Waals surface area contributed by atoms with Gasteiger partial charge in [-0.05, 0) is 60.7 Å². The van der Waals surface area contributed by atoms with Crippen LogP contribution in [-0.4, -0.2) is 31.8 Å². The highest BCUT2D eigenvalue weighted by atomic mass is 35.5. The lowest BCUT2D eigenvalue weighted by Gasteiger charge is -2.29. The van der Waals surface area contributed by atoms with Crippen LogP contribution in [0.5, 0.6) is 0 Å². The summed E-state index contributed by atoms with van der Waals surface area (Å²) in [7, 11) is 0. The molecule has 11 heteroatoms. The standard InChI is InChI=1S/C15H24FNO2.C13H8ClF2NO2S/c1-4-5-6-12(10(2)3)14(18)15(19)13-9-11(16)7-8-17-13;14-9-3-1-7(5-12(9)20-19)13(18)17-8-2-4-10(15)11(16)6-8/h7-10,12,14-15,18-19H,4-6H2,1-3H3;1-6,19H,(H,17,18). The van der Waals surface area contributed by atoms with E-state index in [0.717, 1.165) is 31.4 Å². The van der Waals surface area contributed by atoms with E-state index in [1.165, 1.54) is 42.6 Å². The van der Waals surface area contributed by atoms with Crippen LogP contribution >= 0.6 is 23.6 Å². The minimum atomic E-state index is -1.14. The SMILES string of the molecule is CCCCC(C(C)C)C(O)C(O)c1cc(F)ccn1.O=C(Nc1ccc(F)c(F)c1)c1ccc(Cl)c(SO)c1. The van der Waals surface area contributed by atoms with Crippen molar-refractivity contribution in [3.8, 4) is 0 Å². The molecular formula is C28H32ClF3N2O4S. The van der Waals surface area contributed by atoms with Gasteiger partial charge in [0.1, 0.15) is 11.9 Å². The maximum atomic E-state index is 13.1. The van der Waals surface area contributed by atoms with E-state index in [9.17, 15) is 28.2 Å². The summed E-state index contributed by atoms with van der Waals surface area (Å²) in [4.78, 5) is 16.2. The number of aliphatic hydroxyl groups is 2. The number of amides is 1. The quantitative estimate of drug-likeness (QED) is 0.184. The van der Waals surface area contributed by atoms with Crippen LogP contribution in [0.25, 0.3) is 0 Å². The van der Waals surface area contributed by atoms with Crippen molar-refractivity contribution < 1.29 is 32.7 Å². The first-order valence-corrected chi connectivity index (χ1v) is 13.5. The summed E-state index contributed by atoms with van der Waals surface area (Å²) in [6.45, 7) is 6.14. The zero-order valence-corrected chi connectivity index (χ0v) is 23.3. The van der Waals surface area contributed by atoms with Gasteiger partial charge in [-0.3, -0.25) is 9.78 Å². The molecular weight excluding hydrogens is 553 g/mol. The molecule has 212 valence electrons. The van der Waals surface area contributed by atoms with Crippen molar-refractivity contribution in [2.45, 2.75) is 57.1 Å². The summed E-state index contributed by atoms with van der Waals surface area (Å²) in [6.07, 6.45) is 2.15. The third-order valence-corrected chi connectivity index (χ3v) is 7.00. The van der Waals surface area contributed by atoms with E-state index in [2.05, 4.69) is 17.2 Å². The molecule has 39 heavy (non-hydrogen) atoms. The highest BCUT2D eigenvalue weighted by Crippen LogP contribution is 2.30. The van der Waals surface area contributed by atoms with Crippen molar-refractivity contribution in [1.82, 2.24) is 4.98 Å². The second-order valence-electron chi connectivity index (χ2n) is 9.20. The molecule has 1 aromatic heterocycles. The molecule has 4 N–H and O–H groups in total. The molecule has 0 aliphatic rings. The maximum absolute atomic E-state index is 13.1. The fourth-order valence-corrected chi connectivity index (χ4v) is 4.38. The van der Waals surface area contributed by atoms with E-state index >= 15 is 0 Å². The van der Waals surface area contributed by atoms with Crippen molar-refractivity contribution in [1.29, 1.82) is 0 Å². The Labute approximate surface area is 235 Å². The monoisotopic (exact) mass is 584 g/mol. The number of benzene rings is 2. The second kappa shape index (κ2) is 15.8. The number of carbonyl (C=O) groups excluding carboxylic acids is 1. The van der Waals surface area contributed by atoms with Gasteiger partial charge in [-0.2, -0.15) is 0 Å². The number of unbranched alkanes of at least 4 members (excludes halogenated alkanes) is 1. The topological polar surface area (TPSA) is 103 Å². The highest BCUT2D eigenvalue weighted by Gasteiger charge is 2.30. The van der Waals surface area contributed by atoms with Crippen LogP contribution in [0, 0.1) is 29.3 Å². The predicted octanol–water partition coefficient (Wildman–Crippen LogP) is 7.51. The minimum Gasteiger partial charge on any atom is -0.390 e. The number of rotatable bonds is 10. The fourth-order valence-electron chi connectivity index (χ4n) is 3.82. The zero-order valence-electron chi connectivity index (χ0n) is 21.7. The van der Waals surface area contributed by atoms with Gasteiger partial charge in [0.25, 0.3) is 5.91 Å². The van der Waals surface area contributed by atoms with Crippen LogP contribution in [0.4, 0.5) is 18.9 Å². The molecule has 2 aromatic carbocycles. The molecule has 3 atom stereocenters. The summed E-state index contributed by atoms with van der Waals surface area (Å²) in [5.41, 5.74) is 0.549. The van der Waals surface area contributed by atoms with Gasteiger partial charge >= 0.3 is 0 Å². The lowest BCUT2D eigenvalue weighted by Crippen LogP contribution is -2.31. The normalized spacial score (nSPS) is 13.3. The second-order valence-corrected chi connectivity index (χ2v) is 10.2. The number of pyridine rings is 1. The molecule has 0 aliphatic heterocycles. The van der Waals surface area contributed by atoms with E-state index in [0.29, 0.717) is 22.0 Å². The number of anilines is 1. The van der Waals surface area contributed by atoms with E-state index in [1.54, 1.807) is 0 Å². The third-order valence-electron chi connectivity index (χ3n) is 6.02. The summed E-state index contributed by atoms with van der Waals surface area (Å²) < 4.78 is 47.9. The molecule has 3 rings (SSSR count). The van der Waals surface area contributed by atoms with Gasteiger partial charge in [-0.15, -0.1) is 0 Å². The van der Waals surface area contributed by atoms with Crippen LogP contribution in [0.3, 0.4) is 0 Å². The fraction of sp³-hybridized carbons (Fsp3) is 0.357. The lowest BCUT2D eigenvalue weighted by molar-refractivity contribution is -0.0368. The number of nitrogens with one attached hydrogen (secondary N) is 1. The largest absolute Gasteiger partial charge is 0.390 e. The maximum Gasteiger partial charge on any atom is 0.255 e. The molecule has 0 fully saturated rings. The van der Waals surface area contributed by atoms with E-state index in [1.807, 2.05) is 13.8 Å². The van der Waals surface area contributed by atoms with Crippen LogP contribution < -0.4 is 5.32 Å². The number of carbonyl (C=O) groups is 1. The lowest BCUT2D eigenvalue weighted by atomic mass is 9.83. The van der Waals surface area contributed by atoms with E-state index in [-0.39, 0.29) is 28.8 Å². The molecule has 3 aromatic rings. The van der Waals surface area contributed by atoms with Crippen LogP contribution in [0.1, 0.15) is 62.2 Å². The molecule has 0 radical (unpaired) electrons. The zero-order chi connectivity index (χ0) is 29.1. The first-order valence-electron chi connectivity index (χ1n) is 12.3. The van der Waals surface area contributed by atoms with Gasteiger partial charge in [0.15, 0.2) is 11.6 Å². The van der Waals surface area contributed by atoms with E-state index < -0.39 is 35.6 Å². The van der Waals surface area contributed by atoms with Crippen molar-refractivity contribution in [2.24, 2.45) is 11.8 Å². The molecule has 1 amide bonds. The smallest absolute Gasteiger partial charge is 0.255 e. The molecule has 0 saturated carbocycles. The number of halogens is 4. The van der Waals surface area contributed by atoms with Gasteiger partial charge in [0, 0.05) is 35.6 Å².